The van der Waals surface area contributed by atoms with Crippen molar-refractivity contribution in [1.29, 1.82) is 0 Å². The predicted octanol–water partition coefficient (Wildman–Crippen LogP) is 2.57. The maximum absolute atomic E-state index is 12.4. The third-order valence-corrected chi connectivity index (χ3v) is 5.54. The second-order valence-electron chi connectivity index (χ2n) is 6.36. The number of hydrogen-bond donors (Lipinski definition) is 1. The van der Waals surface area contributed by atoms with Crippen molar-refractivity contribution >= 4 is 23.3 Å². The van der Waals surface area contributed by atoms with Crippen LogP contribution in [0.2, 0.25) is 0 Å². The van der Waals surface area contributed by atoms with Crippen LogP contribution >= 0.6 is 11.3 Å². The van der Waals surface area contributed by atoms with E-state index in [-0.39, 0.29) is 18.1 Å². The molecule has 2 aromatic heterocycles. The molecule has 7 heteroatoms. The minimum atomic E-state index is -0.0540. The van der Waals surface area contributed by atoms with Crippen molar-refractivity contribution in [3.8, 4) is 0 Å². The fraction of sp³-hybridized carbons (Fsp3) is 0.471. The Labute approximate surface area is 144 Å². The number of rotatable bonds is 3. The van der Waals surface area contributed by atoms with Gasteiger partial charge in [-0.25, -0.2) is 4.98 Å². The molecule has 3 atom stereocenters. The van der Waals surface area contributed by atoms with Crippen LogP contribution in [0.4, 0.5) is 0 Å². The van der Waals surface area contributed by atoms with Gasteiger partial charge >= 0.3 is 0 Å². The zero-order chi connectivity index (χ0) is 16.5. The fourth-order valence-corrected chi connectivity index (χ4v) is 4.06. The summed E-state index contributed by atoms with van der Waals surface area (Å²) in [5.74, 6) is 2.08. The van der Waals surface area contributed by atoms with E-state index < -0.39 is 0 Å². The SMILES string of the molecule is Cc1nc([C@@H]2C[C@H]3CCN(C(=O)/C=C/c4cccs4)C[C@@H]3O2)n[nH]1. The van der Waals surface area contributed by atoms with E-state index in [0.29, 0.717) is 12.5 Å². The van der Waals surface area contributed by atoms with Crippen LogP contribution in [0.15, 0.2) is 23.6 Å². The highest BCUT2D eigenvalue weighted by atomic mass is 32.1. The van der Waals surface area contributed by atoms with Gasteiger partial charge in [-0.2, -0.15) is 5.10 Å². The number of hydrogen-bond acceptors (Lipinski definition) is 5. The molecule has 2 aliphatic heterocycles. The number of fused-ring (bicyclic) bond motifs is 1. The second kappa shape index (κ2) is 6.49. The molecule has 2 aromatic rings. The molecule has 0 aromatic carbocycles. The lowest BCUT2D eigenvalue weighted by atomic mass is 9.91. The van der Waals surface area contributed by atoms with Gasteiger partial charge in [0.15, 0.2) is 5.82 Å². The molecule has 2 saturated heterocycles. The molecule has 0 bridgehead atoms. The van der Waals surface area contributed by atoms with E-state index in [0.717, 1.165) is 35.9 Å². The Hall–Kier alpha value is -1.99. The summed E-state index contributed by atoms with van der Waals surface area (Å²) in [4.78, 5) is 19.8. The Morgan fingerprint density at radius 1 is 1.54 bits per heavy atom. The predicted molar refractivity (Wildman–Crippen MR) is 91.4 cm³/mol. The first kappa shape index (κ1) is 15.5. The molecule has 24 heavy (non-hydrogen) atoms. The third-order valence-electron chi connectivity index (χ3n) is 4.70. The standard InChI is InChI=1S/C17H20N4O2S/c1-11-18-17(20-19-11)14-9-12-6-7-21(10-15(12)23-14)16(22)5-4-13-3-2-8-24-13/h2-5,8,12,14-15H,6-7,9-10H2,1H3,(H,18,19,20)/b5-4+/t12-,14+,15+/m1/s1. The van der Waals surface area contributed by atoms with E-state index in [1.165, 1.54) is 0 Å². The number of aryl methyl sites for hydroxylation is 1. The van der Waals surface area contributed by atoms with Crippen LogP contribution in [-0.2, 0) is 9.53 Å². The molecular formula is C17H20N4O2S. The Balaban J connectivity index is 1.38. The van der Waals surface area contributed by atoms with E-state index in [4.69, 9.17) is 4.74 Å². The number of thiophene rings is 1. The van der Waals surface area contributed by atoms with Gasteiger partial charge in [-0.1, -0.05) is 6.07 Å². The molecule has 126 valence electrons. The van der Waals surface area contributed by atoms with Gasteiger partial charge < -0.3 is 9.64 Å². The molecule has 0 unspecified atom stereocenters. The number of nitrogens with one attached hydrogen (secondary N) is 1. The quantitative estimate of drug-likeness (QED) is 0.869. The molecular weight excluding hydrogens is 324 g/mol. The second-order valence-corrected chi connectivity index (χ2v) is 7.34. The number of ether oxygens (including phenoxy) is 1. The summed E-state index contributed by atoms with van der Waals surface area (Å²) in [6, 6.07) is 3.99. The zero-order valence-electron chi connectivity index (χ0n) is 13.5. The van der Waals surface area contributed by atoms with Crippen molar-refractivity contribution in [3.05, 3.63) is 40.1 Å². The summed E-state index contributed by atoms with van der Waals surface area (Å²) in [7, 11) is 0. The number of aromatic nitrogens is 3. The maximum Gasteiger partial charge on any atom is 0.246 e. The minimum absolute atomic E-state index is 0.0540. The lowest BCUT2D eigenvalue weighted by Gasteiger charge is -2.33. The molecule has 1 amide bonds. The molecule has 6 nitrogen and oxygen atoms in total. The number of piperidine rings is 1. The average molecular weight is 344 g/mol. The maximum atomic E-state index is 12.4. The van der Waals surface area contributed by atoms with Gasteiger partial charge in [0.25, 0.3) is 0 Å². The van der Waals surface area contributed by atoms with Gasteiger partial charge in [0.2, 0.25) is 5.91 Å². The highest BCUT2D eigenvalue weighted by Gasteiger charge is 2.41. The number of carbonyl (C=O) groups excluding carboxylic acids is 1. The molecule has 2 aliphatic rings. The van der Waals surface area contributed by atoms with Crippen LogP contribution in [-0.4, -0.2) is 45.2 Å². The van der Waals surface area contributed by atoms with E-state index in [1.54, 1.807) is 17.4 Å². The van der Waals surface area contributed by atoms with Crippen molar-refractivity contribution in [2.24, 2.45) is 5.92 Å². The molecule has 0 saturated carbocycles. The average Bonchev–Trinajstić information content (AvgIpc) is 3.31. The van der Waals surface area contributed by atoms with Gasteiger partial charge in [-0.15, -0.1) is 11.3 Å². The van der Waals surface area contributed by atoms with Gasteiger partial charge in [0.1, 0.15) is 11.9 Å². The van der Waals surface area contributed by atoms with Crippen LogP contribution in [0, 0.1) is 12.8 Å². The Morgan fingerprint density at radius 2 is 2.46 bits per heavy atom. The lowest BCUT2D eigenvalue weighted by Crippen LogP contribution is -2.44. The van der Waals surface area contributed by atoms with Crippen molar-refractivity contribution in [1.82, 2.24) is 20.1 Å². The first-order chi connectivity index (χ1) is 11.7. The first-order valence-corrected chi connectivity index (χ1v) is 9.12. The first-order valence-electron chi connectivity index (χ1n) is 8.24. The molecule has 0 aliphatic carbocycles. The van der Waals surface area contributed by atoms with Crippen LogP contribution < -0.4 is 0 Å². The van der Waals surface area contributed by atoms with E-state index >= 15 is 0 Å². The van der Waals surface area contributed by atoms with Crippen molar-refractivity contribution in [2.75, 3.05) is 13.1 Å². The Morgan fingerprint density at radius 3 is 3.21 bits per heavy atom. The number of amides is 1. The van der Waals surface area contributed by atoms with Crippen molar-refractivity contribution < 1.29 is 9.53 Å². The van der Waals surface area contributed by atoms with Gasteiger partial charge in [0, 0.05) is 24.0 Å². The monoisotopic (exact) mass is 344 g/mol. The minimum Gasteiger partial charge on any atom is -0.365 e. The Kier molecular flexibility index (Phi) is 4.20. The molecule has 4 heterocycles. The summed E-state index contributed by atoms with van der Waals surface area (Å²) in [5.41, 5.74) is 0. The van der Waals surface area contributed by atoms with Crippen molar-refractivity contribution in [2.45, 2.75) is 32.0 Å². The highest BCUT2D eigenvalue weighted by molar-refractivity contribution is 7.10. The topological polar surface area (TPSA) is 71.1 Å². The normalized spacial score (nSPS) is 26.9. The smallest absolute Gasteiger partial charge is 0.246 e. The van der Waals surface area contributed by atoms with Crippen LogP contribution in [0.25, 0.3) is 6.08 Å². The van der Waals surface area contributed by atoms with E-state index in [2.05, 4.69) is 15.2 Å². The van der Waals surface area contributed by atoms with Crippen LogP contribution in [0.5, 0.6) is 0 Å². The summed E-state index contributed by atoms with van der Waals surface area (Å²) >= 11 is 1.63. The molecule has 2 fully saturated rings. The highest BCUT2D eigenvalue weighted by Crippen LogP contribution is 2.39. The summed E-state index contributed by atoms with van der Waals surface area (Å²) in [5, 5.41) is 9.09. The van der Waals surface area contributed by atoms with E-state index in [1.807, 2.05) is 35.4 Å². The third kappa shape index (κ3) is 3.14. The number of H-pyrrole nitrogens is 1. The molecule has 4 rings (SSSR count). The molecule has 0 radical (unpaired) electrons. The zero-order valence-corrected chi connectivity index (χ0v) is 14.3. The molecule has 0 spiro atoms. The molecule has 1 N–H and O–H groups in total. The number of nitrogens with zero attached hydrogens (tertiary/aromatic N) is 3. The largest absolute Gasteiger partial charge is 0.365 e. The van der Waals surface area contributed by atoms with E-state index in [9.17, 15) is 4.79 Å². The van der Waals surface area contributed by atoms with Gasteiger partial charge in [-0.3, -0.25) is 9.89 Å². The fourth-order valence-electron chi connectivity index (χ4n) is 3.45. The number of aromatic amines is 1. The lowest BCUT2D eigenvalue weighted by molar-refractivity contribution is -0.130. The summed E-state index contributed by atoms with van der Waals surface area (Å²) < 4.78 is 6.13. The summed E-state index contributed by atoms with van der Waals surface area (Å²) in [6.07, 6.45) is 5.49. The number of likely N-dealkylation sites (tertiary alicyclic amines) is 1. The van der Waals surface area contributed by atoms with Crippen molar-refractivity contribution in [3.63, 3.8) is 0 Å². The van der Waals surface area contributed by atoms with Gasteiger partial charge in [-0.05, 0) is 43.2 Å². The van der Waals surface area contributed by atoms with Crippen LogP contribution in [0.1, 0.15) is 35.5 Å². The Bertz CT molecular complexity index is 740. The summed E-state index contributed by atoms with van der Waals surface area (Å²) in [6.45, 7) is 3.33. The number of carbonyl (C=O) groups is 1. The van der Waals surface area contributed by atoms with Gasteiger partial charge in [0.05, 0.1) is 6.10 Å². The van der Waals surface area contributed by atoms with Crippen LogP contribution in [0.3, 0.4) is 0 Å².